The van der Waals surface area contributed by atoms with Gasteiger partial charge in [-0.1, -0.05) is 6.92 Å². The number of halogens is 1. The molecule has 0 aliphatic carbocycles. The minimum Gasteiger partial charge on any atom is -0.458 e. The highest BCUT2D eigenvalue weighted by Gasteiger charge is 2.46. The average Bonchev–Trinajstić information content (AvgIpc) is 2.00. The van der Waals surface area contributed by atoms with Crippen LogP contribution in [-0.2, 0) is 72.4 Å². The van der Waals surface area contributed by atoms with E-state index < -0.39 is 151 Å². The molecule has 0 radical (unpaired) electrons. The molecule has 0 saturated carbocycles. The van der Waals surface area contributed by atoms with Gasteiger partial charge in [0.05, 0.1) is 41.5 Å². The molecule has 1 aromatic carbocycles. The molecule has 0 spiro atoms. The SMILES string of the molecule is CC[C@@]1(O)C(=O)OCc2c1cc1n(c2=O)Cc2c-1nc1cc(F)c(C)cc1c2CSCCCSCNC(=O)[C@H](C)NC(=O)[C@H](C)NC(=O)[C@H](C)NC(=O)[C@H](CCC(=O)N(C)C[C@H](O)[C@@H](O)[C@H](O)[C@H](O)CO)NC(=O)CCN1C(=O)C=CC1=O. The Labute approximate surface area is 484 Å². The number of pyridine rings is 2. The second-order valence-corrected chi connectivity index (χ2v) is 22.7. The quantitative estimate of drug-likeness (QED) is 0.0121. The monoisotopic (exact) mass is 1200 g/mol. The molecule has 3 aliphatic heterocycles. The molecule has 2 aromatic heterocycles. The number of cyclic esters (lactones) is 1. The maximum Gasteiger partial charge on any atom is 0.343 e. The third kappa shape index (κ3) is 15.5. The van der Waals surface area contributed by atoms with Gasteiger partial charge in [0.15, 0.2) is 5.60 Å². The molecule has 6 rings (SSSR count). The van der Waals surface area contributed by atoms with Crippen LogP contribution in [0, 0.1) is 12.7 Å². The van der Waals surface area contributed by atoms with Gasteiger partial charge in [-0.15, -0.1) is 11.8 Å². The van der Waals surface area contributed by atoms with Crippen molar-refractivity contribution in [2.75, 3.05) is 44.1 Å². The molecule has 3 aliphatic rings. The first kappa shape index (κ1) is 65.3. The summed E-state index contributed by atoms with van der Waals surface area (Å²) in [6, 6.07) is -0.373. The van der Waals surface area contributed by atoms with Gasteiger partial charge in [-0.25, -0.2) is 14.2 Å². The predicted molar refractivity (Wildman–Crippen MR) is 299 cm³/mol. The van der Waals surface area contributed by atoms with Gasteiger partial charge in [0.2, 0.25) is 35.4 Å². The maximum atomic E-state index is 14.9. The lowest BCUT2D eigenvalue weighted by molar-refractivity contribution is -0.172. The summed E-state index contributed by atoms with van der Waals surface area (Å²) in [6.45, 7) is 5.42. The molecule has 26 nitrogen and oxygen atoms in total. The number of amides is 8. The minimum atomic E-state index is -2.00. The van der Waals surface area contributed by atoms with E-state index in [1.165, 1.54) is 45.6 Å². The molecule has 452 valence electrons. The van der Waals surface area contributed by atoms with E-state index in [0.29, 0.717) is 39.7 Å². The third-order valence-electron chi connectivity index (χ3n) is 14.5. The van der Waals surface area contributed by atoms with Crippen molar-refractivity contribution in [2.24, 2.45) is 0 Å². The van der Waals surface area contributed by atoms with Gasteiger partial charge in [-0.05, 0) is 81.7 Å². The Bertz CT molecular complexity index is 3090. The highest BCUT2D eigenvalue weighted by atomic mass is 32.2. The summed E-state index contributed by atoms with van der Waals surface area (Å²) < 4.78 is 21.7. The van der Waals surface area contributed by atoms with Gasteiger partial charge in [0, 0.05) is 73.5 Å². The molecule has 83 heavy (non-hydrogen) atoms. The van der Waals surface area contributed by atoms with Gasteiger partial charge in [-0.2, -0.15) is 11.8 Å². The third-order valence-corrected chi connectivity index (χ3v) is 16.5. The number of carbonyl (C=O) groups excluding carboxylic acids is 9. The molecule has 0 fully saturated rings. The zero-order chi connectivity index (χ0) is 61.2. The summed E-state index contributed by atoms with van der Waals surface area (Å²) in [5.74, 6) is -5.12. The number of hydrogen-bond acceptors (Lipinski definition) is 20. The normalized spacial score (nSPS) is 18.1. The van der Waals surface area contributed by atoms with Crippen molar-refractivity contribution in [2.45, 2.75) is 140 Å². The van der Waals surface area contributed by atoms with Crippen molar-refractivity contribution in [3.05, 3.63) is 74.3 Å². The summed E-state index contributed by atoms with van der Waals surface area (Å²) in [5, 5.41) is 73.7. The van der Waals surface area contributed by atoms with Crippen molar-refractivity contribution in [3.63, 3.8) is 0 Å². The second kappa shape index (κ2) is 28.6. The summed E-state index contributed by atoms with van der Waals surface area (Å²) in [5.41, 5.74) is 1.33. The topological polar surface area (TPSA) is 386 Å². The van der Waals surface area contributed by atoms with Crippen molar-refractivity contribution in [1.29, 1.82) is 0 Å². The number of aliphatic hydroxyl groups excluding tert-OH is 5. The molecule has 11 N–H and O–H groups in total. The van der Waals surface area contributed by atoms with Crippen molar-refractivity contribution < 1.29 is 82.9 Å². The average molecular weight is 1200 g/mol. The second-order valence-electron chi connectivity index (χ2n) is 20.5. The predicted octanol–water partition coefficient (Wildman–Crippen LogP) is -2.05. The molecule has 0 bridgehead atoms. The minimum absolute atomic E-state index is 0.0151. The van der Waals surface area contributed by atoms with Crippen LogP contribution >= 0.6 is 23.5 Å². The van der Waals surface area contributed by atoms with Crippen LogP contribution in [0.4, 0.5) is 4.39 Å². The number of nitrogens with one attached hydrogen (secondary N) is 5. The number of thioether (sulfide) groups is 2. The van der Waals surface area contributed by atoms with Gasteiger partial charge in [0.1, 0.15) is 61.0 Å². The molecular weight excluding hydrogens is 1130 g/mol. The van der Waals surface area contributed by atoms with Crippen molar-refractivity contribution >= 4 is 87.7 Å². The molecule has 0 saturated heterocycles. The van der Waals surface area contributed by atoms with Gasteiger partial charge >= 0.3 is 5.97 Å². The smallest absolute Gasteiger partial charge is 0.343 e. The van der Waals surface area contributed by atoms with Crippen LogP contribution in [0.3, 0.4) is 0 Å². The van der Waals surface area contributed by atoms with E-state index in [1.54, 1.807) is 42.3 Å². The van der Waals surface area contributed by atoms with E-state index in [2.05, 4.69) is 26.6 Å². The molecule has 0 unspecified atom stereocenters. The number of aromatic nitrogens is 2. The Morgan fingerprint density at radius 2 is 1.45 bits per heavy atom. The standard InChI is InChI=1S/C54H70FN9O17S2/c1-7-54(80)34-18-38-45-31(20-64(38)52(78)32(34)23-81-53(54)79)33(30-17-26(2)35(55)19-37(30)61-45)24-82-15-8-16-83-25-56-48(74)27(3)57-49(75)28(4)58-50(76)29(5)59-51(77)36(60-41(68)13-14-63-43(70)11-12-44(63)71)9-10-42(69)62(6)21-39(66)46(72)47(73)40(67)22-65/h11-12,17-19,27-29,36,39-40,46-47,65-67,72-73,80H,7-10,13-16,20-25H2,1-6H3,(H,56,74)(H,57,75)(H,58,76)(H,59,77)(H,60,68)/t27-,28-,29-,36-,39-,40+,46+,47+,54-/m0/s1. The number of likely N-dealkylation sites (N-methyl/N-ethyl adjacent to an activating group) is 1. The summed E-state index contributed by atoms with van der Waals surface area (Å²) in [4.78, 5) is 136. The molecule has 29 heteroatoms. The number of rotatable bonds is 29. The fourth-order valence-corrected chi connectivity index (χ4v) is 11.3. The Balaban J connectivity index is 0.949. The first-order chi connectivity index (χ1) is 39.2. The maximum absolute atomic E-state index is 14.9. The van der Waals surface area contributed by atoms with Crippen LogP contribution in [0.1, 0.15) is 87.6 Å². The number of fused-ring (bicyclic) bond motifs is 5. The summed E-state index contributed by atoms with van der Waals surface area (Å²) in [7, 11) is 1.22. The molecule has 9 atom stereocenters. The lowest BCUT2D eigenvalue weighted by atomic mass is 9.86. The number of carbonyl (C=O) groups is 9. The van der Waals surface area contributed by atoms with E-state index in [4.69, 9.17) is 14.8 Å². The van der Waals surface area contributed by atoms with Gasteiger partial charge in [0.25, 0.3) is 17.4 Å². The van der Waals surface area contributed by atoms with Gasteiger partial charge in [-0.3, -0.25) is 48.1 Å². The summed E-state index contributed by atoms with van der Waals surface area (Å²) >= 11 is 3.06. The van der Waals surface area contributed by atoms with Crippen LogP contribution in [0.25, 0.3) is 22.3 Å². The van der Waals surface area contributed by atoms with Gasteiger partial charge < -0.3 is 71.4 Å². The Morgan fingerprint density at radius 1 is 0.831 bits per heavy atom. The first-order valence-electron chi connectivity index (χ1n) is 26.8. The number of benzene rings is 1. The molecule has 5 heterocycles. The van der Waals surface area contributed by atoms with Crippen molar-refractivity contribution in [1.82, 2.24) is 45.9 Å². The number of hydrogen-bond donors (Lipinski definition) is 11. The number of aryl methyl sites for hydroxylation is 1. The van der Waals surface area contributed by atoms with Crippen LogP contribution < -0.4 is 32.1 Å². The highest BCUT2D eigenvalue weighted by molar-refractivity contribution is 7.99. The van der Waals surface area contributed by atoms with Crippen LogP contribution in [0.5, 0.6) is 0 Å². The van der Waals surface area contributed by atoms with Crippen molar-refractivity contribution in [3.8, 4) is 11.4 Å². The lowest BCUT2D eigenvalue weighted by Crippen LogP contribution is -2.56. The van der Waals surface area contributed by atoms with E-state index in [1.807, 2.05) is 0 Å². The number of nitrogens with zero attached hydrogens (tertiary/aromatic N) is 4. The largest absolute Gasteiger partial charge is 0.458 e. The number of imide groups is 1. The van der Waals surface area contributed by atoms with Crippen LogP contribution in [0.15, 0.2) is 35.1 Å². The fourth-order valence-electron chi connectivity index (χ4n) is 9.34. The Morgan fingerprint density at radius 3 is 2.08 bits per heavy atom. The molecule has 8 amide bonds. The Hall–Kier alpha value is -6.86. The molecular formula is C54H70FN9O17S2. The fraction of sp³-hybridized carbons (Fsp3) is 0.537. The van der Waals surface area contributed by atoms with E-state index in [9.17, 15) is 77.9 Å². The van der Waals surface area contributed by atoms with Crippen LogP contribution in [0.2, 0.25) is 0 Å². The number of esters is 1. The Kier molecular flexibility index (Phi) is 22.5. The first-order valence-corrected chi connectivity index (χ1v) is 29.1. The van der Waals surface area contributed by atoms with E-state index in [0.717, 1.165) is 44.9 Å². The van der Waals surface area contributed by atoms with Crippen LogP contribution in [-0.4, -0.2) is 196 Å². The summed E-state index contributed by atoms with van der Waals surface area (Å²) in [6.07, 6.45) is -6.03. The van der Waals surface area contributed by atoms with E-state index >= 15 is 0 Å². The highest BCUT2D eigenvalue weighted by Crippen LogP contribution is 2.41. The van der Waals surface area contributed by atoms with E-state index in [-0.39, 0.29) is 43.1 Å². The zero-order valence-electron chi connectivity index (χ0n) is 46.6. The number of ether oxygens (including phenoxy) is 1. The lowest BCUT2D eigenvalue weighted by Gasteiger charge is -2.31. The molecule has 3 aromatic rings. The zero-order valence-corrected chi connectivity index (χ0v) is 48.2. The number of aliphatic hydroxyl groups is 6.